The van der Waals surface area contributed by atoms with E-state index < -0.39 is 27.1 Å². The zero-order chi connectivity index (χ0) is 27.8. The molecule has 1 heterocycles. The first kappa shape index (κ1) is 28.4. The number of methoxy groups -OCH3 is 1. The third-order valence-electron chi connectivity index (χ3n) is 6.09. The smallest absolute Gasteiger partial charge is 0.238 e. The van der Waals surface area contributed by atoms with Gasteiger partial charge in [-0.2, -0.15) is 0 Å². The monoisotopic (exact) mass is 597 g/mol. The number of halogens is 4. The second-order valence-corrected chi connectivity index (χ2v) is 12.2. The Labute approximate surface area is 233 Å². The van der Waals surface area contributed by atoms with Crippen LogP contribution in [0.5, 0.6) is 5.75 Å². The zero-order valence-electron chi connectivity index (χ0n) is 20.5. The molecule has 0 saturated carbocycles. The van der Waals surface area contributed by atoms with Gasteiger partial charge in [-0.1, -0.05) is 54.9 Å². The van der Waals surface area contributed by atoms with E-state index in [0.717, 1.165) is 17.3 Å². The van der Waals surface area contributed by atoms with Gasteiger partial charge in [-0.15, -0.1) is 0 Å². The second kappa shape index (κ2) is 10.9. The highest BCUT2D eigenvalue weighted by Crippen LogP contribution is 2.42. The van der Waals surface area contributed by atoms with Crippen LogP contribution in [0.25, 0.3) is 5.69 Å². The van der Waals surface area contributed by atoms with E-state index in [2.05, 4.69) is 4.98 Å². The molecule has 0 aliphatic carbocycles. The number of primary sulfonamides is 1. The lowest BCUT2D eigenvalue weighted by Crippen LogP contribution is -2.23. The molecular weight excluding hydrogens is 575 g/mol. The van der Waals surface area contributed by atoms with Crippen molar-refractivity contribution in [2.45, 2.75) is 35.1 Å². The summed E-state index contributed by atoms with van der Waals surface area (Å²) in [5.74, 6) is -0.581. The van der Waals surface area contributed by atoms with Crippen LogP contribution in [0.4, 0.5) is 8.78 Å². The minimum atomic E-state index is -4.03. The molecule has 2 N–H and O–H groups in total. The van der Waals surface area contributed by atoms with Crippen LogP contribution < -0.4 is 9.88 Å². The number of hydrogen-bond donors (Lipinski definition) is 1. The molecule has 12 heteroatoms. The number of nitrogens with zero attached hydrogens (tertiary/aromatic N) is 2. The summed E-state index contributed by atoms with van der Waals surface area (Å²) < 4.78 is 58.6. The summed E-state index contributed by atoms with van der Waals surface area (Å²) in [5.41, 5.74) is 1.77. The van der Waals surface area contributed by atoms with Crippen LogP contribution in [-0.2, 0) is 21.2 Å². The van der Waals surface area contributed by atoms with E-state index >= 15 is 0 Å². The molecule has 0 bridgehead atoms. The maximum absolute atomic E-state index is 14.7. The predicted octanol–water partition coefficient (Wildman–Crippen LogP) is 6.73. The summed E-state index contributed by atoms with van der Waals surface area (Å²) in [6, 6.07) is 13.0. The van der Waals surface area contributed by atoms with E-state index in [1.54, 1.807) is 30.5 Å². The van der Waals surface area contributed by atoms with Gasteiger partial charge in [-0.25, -0.2) is 27.3 Å². The van der Waals surface area contributed by atoms with Gasteiger partial charge in [0.25, 0.3) is 0 Å². The molecule has 0 unspecified atom stereocenters. The number of sulfonamides is 1. The number of thioether (sulfide) groups is 1. The van der Waals surface area contributed by atoms with Crippen LogP contribution >= 0.6 is 35.0 Å². The van der Waals surface area contributed by atoms with Gasteiger partial charge < -0.3 is 4.74 Å². The van der Waals surface area contributed by atoms with Gasteiger partial charge in [-0.05, 0) is 59.7 Å². The fourth-order valence-electron chi connectivity index (χ4n) is 3.95. The lowest BCUT2D eigenvalue weighted by atomic mass is 9.81. The number of benzene rings is 3. The second-order valence-electron chi connectivity index (χ2n) is 8.92. The highest BCUT2D eigenvalue weighted by atomic mass is 35.5. The summed E-state index contributed by atoms with van der Waals surface area (Å²) in [5, 5.41) is 6.31. The van der Waals surface area contributed by atoms with Gasteiger partial charge in [0, 0.05) is 16.9 Å². The molecule has 0 fully saturated rings. The van der Waals surface area contributed by atoms with Crippen LogP contribution in [0.15, 0.2) is 70.8 Å². The van der Waals surface area contributed by atoms with E-state index in [9.17, 15) is 17.2 Å². The molecule has 3 aromatic carbocycles. The summed E-state index contributed by atoms with van der Waals surface area (Å²) in [6.07, 6.45) is 1.69. The van der Waals surface area contributed by atoms with Crippen molar-refractivity contribution in [3.63, 3.8) is 0 Å². The van der Waals surface area contributed by atoms with Gasteiger partial charge in [0.2, 0.25) is 10.0 Å². The van der Waals surface area contributed by atoms with Gasteiger partial charge in [0.05, 0.1) is 33.9 Å². The van der Waals surface area contributed by atoms with Gasteiger partial charge in [0.1, 0.15) is 11.6 Å². The average Bonchev–Trinajstić information content (AvgIpc) is 3.27. The normalized spacial score (nSPS) is 12.1. The fraction of sp³-hybridized carbons (Fsp3) is 0.192. The third-order valence-corrected chi connectivity index (χ3v) is 8.56. The van der Waals surface area contributed by atoms with E-state index in [-0.39, 0.29) is 16.2 Å². The molecule has 0 atom stereocenters. The zero-order valence-corrected chi connectivity index (χ0v) is 23.7. The summed E-state index contributed by atoms with van der Waals surface area (Å²) in [7, 11) is -2.54. The molecule has 0 saturated heterocycles. The summed E-state index contributed by atoms with van der Waals surface area (Å²) in [4.78, 5) is 4.28. The molecular formula is C26H23Cl2F2N3O3S2. The maximum Gasteiger partial charge on any atom is 0.238 e. The SMILES string of the molecule is COc1c(Cl)cc(C(C)(C)c2cnc(SCc3ccc(S(N)(=O)=O)cc3F)n2-c2ccc(F)cc2)cc1Cl. The standard InChI is InChI=1S/C26H23Cl2F2N3O3S2/c1-26(2,16-10-20(27)24(36-3)21(28)11-16)23-13-32-25(33(23)18-7-5-17(29)6-8-18)37-14-15-4-9-19(12-22(15)30)38(31,34)35/h4-13H,14H2,1-3H3,(H2,31,34,35). The molecule has 0 amide bonds. The van der Waals surface area contributed by atoms with Crippen molar-refractivity contribution in [2.24, 2.45) is 5.14 Å². The van der Waals surface area contributed by atoms with Crippen LogP contribution in [0, 0.1) is 11.6 Å². The van der Waals surface area contributed by atoms with E-state index in [0.29, 0.717) is 26.6 Å². The predicted molar refractivity (Wildman–Crippen MR) is 146 cm³/mol. The fourth-order valence-corrected chi connectivity index (χ4v) is 6.09. The maximum atomic E-state index is 14.7. The number of imidazole rings is 1. The van der Waals surface area contributed by atoms with Crippen LogP contribution in [-0.4, -0.2) is 25.1 Å². The van der Waals surface area contributed by atoms with E-state index in [1.165, 1.54) is 43.1 Å². The third kappa shape index (κ3) is 5.69. The van der Waals surface area contributed by atoms with Crippen molar-refractivity contribution >= 4 is 45.0 Å². The van der Waals surface area contributed by atoms with Crippen molar-refractivity contribution in [2.75, 3.05) is 7.11 Å². The molecule has 0 spiro atoms. The highest BCUT2D eigenvalue weighted by molar-refractivity contribution is 7.98. The molecule has 4 aromatic rings. The van der Waals surface area contributed by atoms with Crippen LogP contribution in [0.1, 0.15) is 30.7 Å². The van der Waals surface area contributed by atoms with E-state index in [4.69, 9.17) is 33.1 Å². The van der Waals surface area contributed by atoms with Crippen molar-refractivity contribution < 1.29 is 21.9 Å². The quantitative estimate of drug-likeness (QED) is 0.227. The van der Waals surface area contributed by atoms with Crippen molar-refractivity contribution in [3.05, 3.63) is 99.3 Å². The van der Waals surface area contributed by atoms with Gasteiger partial charge in [0.15, 0.2) is 10.9 Å². The van der Waals surface area contributed by atoms with Crippen molar-refractivity contribution in [1.29, 1.82) is 0 Å². The van der Waals surface area contributed by atoms with E-state index in [1.807, 2.05) is 18.4 Å². The first-order chi connectivity index (χ1) is 17.8. The van der Waals surface area contributed by atoms with Crippen LogP contribution in [0.2, 0.25) is 10.0 Å². The lowest BCUT2D eigenvalue weighted by molar-refractivity contribution is 0.414. The Balaban J connectivity index is 1.77. The Kier molecular flexibility index (Phi) is 8.11. The lowest BCUT2D eigenvalue weighted by Gasteiger charge is -2.28. The molecule has 4 rings (SSSR count). The number of rotatable bonds is 8. The minimum absolute atomic E-state index is 0.148. The first-order valence-corrected chi connectivity index (χ1v) is 14.4. The van der Waals surface area contributed by atoms with Gasteiger partial charge in [-0.3, -0.25) is 4.57 Å². The summed E-state index contributed by atoms with van der Waals surface area (Å²) in [6.45, 7) is 3.94. The molecule has 6 nitrogen and oxygen atoms in total. The molecule has 0 aliphatic rings. The number of nitrogens with two attached hydrogens (primary N) is 1. The minimum Gasteiger partial charge on any atom is -0.494 e. The van der Waals surface area contributed by atoms with Crippen LogP contribution in [0.3, 0.4) is 0 Å². The molecule has 0 radical (unpaired) electrons. The Hall–Kier alpha value is -2.63. The average molecular weight is 599 g/mol. The molecule has 0 aliphatic heterocycles. The topological polar surface area (TPSA) is 87.2 Å². The first-order valence-electron chi connectivity index (χ1n) is 11.1. The summed E-state index contributed by atoms with van der Waals surface area (Å²) >= 11 is 14.1. The Morgan fingerprint density at radius 3 is 2.24 bits per heavy atom. The molecule has 38 heavy (non-hydrogen) atoms. The number of ether oxygens (including phenoxy) is 1. The molecule has 200 valence electrons. The van der Waals surface area contributed by atoms with Gasteiger partial charge >= 0.3 is 0 Å². The Morgan fingerprint density at radius 1 is 1.05 bits per heavy atom. The molecule has 1 aromatic heterocycles. The number of aromatic nitrogens is 2. The Bertz CT molecular complexity index is 1590. The Morgan fingerprint density at radius 2 is 1.68 bits per heavy atom. The van der Waals surface area contributed by atoms with Crippen molar-refractivity contribution in [3.8, 4) is 11.4 Å². The highest BCUT2D eigenvalue weighted by Gasteiger charge is 2.31. The number of hydrogen-bond acceptors (Lipinski definition) is 5. The van der Waals surface area contributed by atoms with Crippen molar-refractivity contribution in [1.82, 2.24) is 9.55 Å². The largest absolute Gasteiger partial charge is 0.494 e.